The number of carbonyl (C=O) groups excluding carboxylic acids is 2. The van der Waals surface area contributed by atoms with E-state index in [1.165, 1.54) is 0 Å². The number of carbonyl (C=O) groups is 2. The molecular weight excluding hydrogens is 230 g/mol. The van der Waals surface area contributed by atoms with Gasteiger partial charge in [-0.3, -0.25) is 9.59 Å². The van der Waals surface area contributed by atoms with Gasteiger partial charge in [0.2, 0.25) is 11.8 Å². The normalized spacial score (nSPS) is 19.3. The summed E-state index contributed by atoms with van der Waals surface area (Å²) in [5, 5.41) is 2.90. The van der Waals surface area contributed by atoms with Gasteiger partial charge < -0.3 is 14.8 Å². The van der Waals surface area contributed by atoms with Crippen LogP contribution in [-0.4, -0.2) is 41.4 Å². The molecule has 2 rings (SSSR count). The van der Waals surface area contributed by atoms with Crippen LogP contribution >= 0.6 is 0 Å². The Hall–Kier alpha value is -1.78. The molecule has 2 heterocycles. The van der Waals surface area contributed by atoms with E-state index in [4.69, 9.17) is 0 Å². The first-order valence-corrected chi connectivity index (χ1v) is 6.29. The van der Waals surface area contributed by atoms with E-state index >= 15 is 0 Å². The minimum Gasteiger partial charge on any atom is -0.356 e. The molecule has 1 aromatic heterocycles. The van der Waals surface area contributed by atoms with Crippen molar-refractivity contribution in [3.8, 4) is 0 Å². The number of rotatable bonds is 5. The molecule has 1 aliphatic rings. The summed E-state index contributed by atoms with van der Waals surface area (Å²) in [5.74, 6) is -0.114. The third-order valence-corrected chi connectivity index (χ3v) is 3.27. The third-order valence-electron chi connectivity index (χ3n) is 3.27. The summed E-state index contributed by atoms with van der Waals surface area (Å²) >= 11 is 0. The fourth-order valence-electron chi connectivity index (χ4n) is 2.18. The lowest BCUT2D eigenvalue weighted by molar-refractivity contribution is -0.128. The average molecular weight is 249 g/mol. The van der Waals surface area contributed by atoms with E-state index in [0.29, 0.717) is 19.5 Å². The van der Waals surface area contributed by atoms with Crippen LogP contribution in [0.4, 0.5) is 0 Å². The number of hydrogen-bond acceptors (Lipinski definition) is 2. The van der Waals surface area contributed by atoms with Gasteiger partial charge in [-0.15, -0.1) is 0 Å². The van der Waals surface area contributed by atoms with Gasteiger partial charge in [0.1, 0.15) is 0 Å². The quantitative estimate of drug-likeness (QED) is 0.771. The van der Waals surface area contributed by atoms with Gasteiger partial charge in [-0.25, -0.2) is 0 Å². The van der Waals surface area contributed by atoms with Crippen molar-refractivity contribution in [3.05, 3.63) is 24.5 Å². The molecule has 0 unspecified atom stereocenters. The second kappa shape index (κ2) is 5.71. The number of nitrogens with one attached hydrogen (secondary N) is 1. The maximum Gasteiger partial charge on any atom is 0.225 e. The van der Waals surface area contributed by atoms with Crippen molar-refractivity contribution >= 4 is 11.8 Å². The molecule has 18 heavy (non-hydrogen) atoms. The molecule has 1 saturated heterocycles. The molecule has 0 aliphatic carbocycles. The Morgan fingerprint density at radius 1 is 1.44 bits per heavy atom. The maximum absolute atomic E-state index is 11.8. The maximum atomic E-state index is 11.8. The van der Waals surface area contributed by atoms with Crippen LogP contribution in [0.25, 0.3) is 0 Å². The predicted molar refractivity (Wildman–Crippen MR) is 67.8 cm³/mol. The smallest absolute Gasteiger partial charge is 0.225 e. The Bertz CT molecular complexity index is 414. The molecule has 1 fully saturated rings. The van der Waals surface area contributed by atoms with Crippen molar-refractivity contribution in [2.24, 2.45) is 5.92 Å². The van der Waals surface area contributed by atoms with Crippen molar-refractivity contribution < 1.29 is 9.59 Å². The highest BCUT2D eigenvalue weighted by Gasteiger charge is 2.31. The summed E-state index contributed by atoms with van der Waals surface area (Å²) in [6.45, 7) is 2.10. The highest BCUT2D eigenvalue weighted by atomic mass is 16.2. The fourth-order valence-corrected chi connectivity index (χ4v) is 2.18. The molecule has 5 nitrogen and oxygen atoms in total. The van der Waals surface area contributed by atoms with Crippen LogP contribution in [0.3, 0.4) is 0 Å². The average Bonchev–Trinajstić information content (AvgIpc) is 2.96. The van der Waals surface area contributed by atoms with E-state index in [0.717, 1.165) is 13.0 Å². The Labute approximate surface area is 107 Å². The zero-order chi connectivity index (χ0) is 13.0. The topological polar surface area (TPSA) is 54.3 Å². The standard InChI is InChI=1S/C13H19N3O2/c1-15-10-11(9-12(15)17)13(18)14-5-4-8-16-6-2-3-7-16/h2-3,6-7,11H,4-5,8-10H2,1H3,(H,14,18)/t11-/m0/s1. The van der Waals surface area contributed by atoms with E-state index in [1.807, 2.05) is 24.5 Å². The zero-order valence-corrected chi connectivity index (χ0v) is 10.6. The lowest BCUT2D eigenvalue weighted by Gasteiger charge is -2.11. The summed E-state index contributed by atoms with van der Waals surface area (Å²) in [4.78, 5) is 24.7. The molecule has 1 atom stereocenters. The Morgan fingerprint density at radius 3 is 2.78 bits per heavy atom. The van der Waals surface area contributed by atoms with Crippen molar-refractivity contribution in [2.75, 3.05) is 20.1 Å². The van der Waals surface area contributed by atoms with Crippen LogP contribution in [-0.2, 0) is 16.1 Å². The van der Waals surface area contributed by atoms with Gasteiger partial charge in [0.25, 0.3) is 0 Å². The minimum absolute atomic E-state index is 0.000191. The molecular formula is C13H19N3O2. The van der Waals surface area contributed by atoms with Gasteiger partial charge in [0.05, 0.1) is 5.92 Å². The lowest BCUT2D eigenvalue weighted by atomic mass is 10.1. The Kier molecular flexibility index (Phi) is 4.02. The van der Waals surface area contributed by atoms with E-state index in [-0.39, 0.29) is 17.7 Å². The highest BCUT2D eigenvalue weighted by molar-refractivity contribution is 5.89. The minimum atomic E-state index is -0.172. The number of aryl methyl sites for hydroxylation is 1. The zero-order valence-electron chi connectivity index (χ0n) is 10.6. The predicted octanol–water partition coefficient (Wildman–Crippen LogP) is 0.473. The monoisotopic (exact) mass is 249 g/mol. The Morgan fingerprint density at radius 2 is 2.17 bits per heavy atom. The van der Waals surface area contributed by atoms with E-state index < -0.39 is 0 Å². The second-order valence-corrected chi connectivity index (χ2v) is 4.74. The van der Waals surface area contributed by atoms with Crippen molar-refractivity contribution in [3.63, 3.8) is 0 Å². The van der Waals surface area contributed by atoms with Gasteiger partial charge in [0.15, 0.2) is 0 Å². The molecule has 0 aromatic carbocycles. The van der Waals surface area contributed by atoms with Gasteiger partial charge in [-0.05, 0) is 18.6 Å². The van der Waals surface area contributed by atoms with Crippen LogP contribution in [0, 0.1) is 5.92 Å². The summed E-state index contributed by atoms with van der Waals surface area (Å²) < 4.78 is 2.08. The van der Waals surface area contributed by atoms with Gasteiger partial charge in [-0.2, -0.15) is 0 Å². The van der Waals surface area contributed by atoms with Gasteiger partial charge in [-0.1, -0.05) is 0 Å². The van der Waals surface area contributed by atoms with Crippen molar-refractivity contribution in [1.29, 1.82) is 0 Å². The first-order valence-electron chi connectivity index (χ1n) is 6.29. The number of hydrogen-bond donors (Lipinski definition) is 1. The first kappa shape index (κ1) is 12.7. The molecule has 1 aliphatic heterocycles. The van der Waals surface area contributed by atoms with E-state index in [2.05, 4.69) is 9.88 Å². The summed E-state index contributed by atoms with van der Waals surface area (Å²) in [7, 11) is 1.74. The molecule has 2 amide bonds. The fraction of sp³-hybridized carbons (Fsp3) is 0.538. The molecule has 1 N–H and O–H groups in total. The lowest BCUT2D eigenvalue weighted by Crippen LogP contribution is -2.33. The molecule has 98 valence electrons. The number of nitrogens with zero attached hydrogens (tertiary/aromatic N) is 2. The molecule has 0 radical (unpaired) electrons. The molecule has 5 heteroatoms. The van der Waals surface area contributed by atoms with Crippen LogP contribution in [0.15, 0.2) is 24.5 Å². The third kappa shape index (κ3) is 3.12. The second-order valence-electron chi connectivity index (χ2n) is 4.74. The number of amides is 2. The van der Waals surface area contributed by atoms with Gasteiger partial charge >= 0.3 is 0 Å². The van der Waals surface area contributed by atoms with Crippen LogP contribution in [0.2, 0.25) is 0 Å². The van der Waals surface area contributed by atoms with E-state index in [9.17, 15) is 9.59 Å². The number of aromatic nitrogens is 1. The summed E-state index contributed by atoms with van der Waals surface area (Å²) in [6, 6.07) is 3.97. The Balaban J connectivity index is 1.65. The van der Waals surface area contributed by atoms with Crippen molar-refractivity contribution in [2.45, 2.75) is 19.4 Å². The summed E-state index contributed by atoms with van der Waals surface area (Å²) in [5.41, 5.74) is 0. The van der Waals surface area contributed by atoms with Gasteiger partial charge in [0, 0.05) is 45.5 Å². The largest absolute Gasteiger partial charge is 0.356 e. The van der Waals surface area contributed by atoms with Crippen LogP contribution in [0.1, 0.15) is 12.8 Å². The number of likely N-dealkylation sites (tertiary alicyclic amines) is 1. The molecule has 0 spiro atoms. The highest BCUT2D eigenvalue weighted by Crippen LogP contribution is 2.15. The summed E-state index contributed by atoms with van der Waals surface area (Å²) in [6.07, 6.45) is 5.26. The van der Waals surface area contributed by atoms with Crippen molar-refractivity contribution in [1.82, 2.24) is 14.8 Å². The molecule has 0 saturated carbocycles. The molecule has 1 aromatic rings. The first-order chi connectivity index (χ1) is 8.66. The van der Waals surface area contributed by atoms with Crippen LogP contribution < -0.4 is 5.32 Å². The molecule has 0 bridgehead atoms. The SMILES string of the molecule is CN1C[C@@H](C(=O)NCCCn2cccc2)CC1=O. The van der Waals surface area contributed by atoms with Crippen LogP contribution in [0.5, 0.6) is 0 Å². The van der Waals surface area contributed by atoms with E-state index in [1.54, 1.807) is 11.9 Å².